The number of rotatable bonds is 9. The van der Waals surface area contributed by atoms with Crippen LogP contribution in [0.1, 0.15) is 6.85 Å². The van der Waals surface area contributed by atoms with Crippen LogP contribution in [0.15, 0.2) is 237 Å². The Bertz CT molecular complexity index is 3850. The molecule has 0 fully saturated rings. The van der Waals surface area contributed by atoms with E-state index in [2.05, 4.69) is 142 Å². The minimum absolute atomic E-state index is 0.152. The van der Waals surface area contributed by atoms with Gasteiger partial charge in [0.05, 0.1) is 24.4 Å². The molecule has 0 aliphatic heterocycles. The third-order valence-electron chi connectivity index (χ3n) is 11.8. The van der Waals surface area contributed by atoms with E-state index in [9.17, 15) is 0 Å². The van der Waals surface area contributed by atoms with Crippen molar-refractivity contribution in [2.45, 2.75) is 0 Å². The van der Waals surface area contributed by atoms with Crippen molar-refractivity contribution in [1.29, 1.82) is 0 Å². The van der Waals surface area contributed by atoms with Gasteiger partial charge in [0.25, 0.3) is 0 Å². The van der Waals surface area contributed by atoms with Gasteiger partial charge in [-0.25, -0.2) is 0 Å². The lowest BCUT2D eigenvalue weighted by atomic mass is 9.96. The summed E-state index contributed by atoms with van der Waals surface area (Å²) < 4.78 is 48.3. The molecule has 12 aromatic rings. The lowest BCUT2D eigenvalue weighted by Crippen LogP contribution is -2.11. The average molecular weight is 859 g/mol. The van der Waals surface area contributed by atoms with Gasteiger partial charge in [-0.15, -0.1) is 22.7 Å². The van der Waals surface area contributed by atoms with E-state index >= 15 is 0 Å². The fourth-order valence-corrected chi connectivity index (χ4v) is 11.4. The molecule has 0 N–H and O–H groups in total. The van der Waals surface area contributed by atoms with Crippen LogP contribution < -0.4 is 9.80 Å². The van der Waals surface area contributed by atoms with Crippen LogP contribution in [-0.2, 0) is 0 Å². The van der Waals surface area contributed by atoms with Gasteiger partial charge in [-0.1, -0.05) is 145 Å². The number of para-hydroxylation sites is 3. The maximum absolute atomic E-state index is 9.01. The molecule has 0 atom stereocenters. The number of pyridine rings is 1. The van der Waals surface area contributed by atoms with Crippen molar-refractivity contribution in [1.82, 2.24) is 4.98 Å². The number of benzene rings is 9. The molecular weight excluding hydrogens is 815 g/mol. The van der Waals surface area contributed by atoms with Crippen molar-refractivity contribution in [3.8, 4) is 33.4 Å². The monoisotopic (exact) mass is 858 g/mol. The molecule has 302 valence electrons. The second kappa shape index (κ2) is 16.1. The van der Waals surface area contributed by atoms with E-state index in [0.717, 1.165) is 66.2 Å². The normalized spacial score (nSPS) is 12.5. The molecule has 0 aliphatic rings. The number of hydrogen-bond acceptors (Lipinski definition) is 5. The lowest BCUT2D eigenvalue weighted by molar-refractivity contribution is 1.23. The number of thiophene rings is 2. The molecule has 0 saturated carbocycles. The van der Waals surface area contributed by atoms with Crippen molar-refractivity contribution in [2.75, 3.05) is 9.80 Å². The number of aromatic nitrogens is 1. The van der Waals surface area contributed by atoms with Crippen molar-refractivity contribution < 1.29 is 6.85 Å². The Morgan fingerprint density at radius 2 is 0.875 bits per heavy atom. The maximum Gasteiger partial charge on any atom is 0.0644 e. The molecule has 0 unspecified atom stereocenters. The lowest BCUT2D eigenvalue weighted by Gasteiger charge is -2.28. The SMILES string of the molecule is [2H]c1c([2H])c([2H])c(-c2ccccc2N(c2ccccc2)c2cc(-c3ccc(-c4cc(N(c5ccccc5)c5cccnc5)cc5c4sc4ccccc45)cc3)c3sc4ccccc4c3c2)c([2H])c1[2H]. The zero-order chi connectivity index (χ0) is 46.8. The van der Waals surface area contributed by atoms with Gasteiger partial charge in [-0.2, -0.15) is 0 Å². The molecule has 3 aromatic heterocycles. The first kappa shape index (κ1) is 32.8. The Balaban J connectivity index is 1.06. The van der Waals surface area contributed by atoms with Crippen molar-refractivity contribution in [3.63, 3.8) is 0 Å². The number of anilines is 6. The molecular formula is C59H39N3S2. The second-order valence-electron chi connectivity index (χ2n) is 15.6. The summed E-state index contributed by atoms with van der Waals surface area (Å²) in [4.78, 5) is 8.94. The van der Waals surface area contributed by atoms with E-state index in [-0.39, 0.29) is 29.7 Å². The molecule has 3 nitrogen and oxygen atoms in total. The van der Waals surface area contributed by atoms with Crippen LogP contribution in [0.4, 0.5) is 34.1 Å². The summed E-state index contributed by atoms with van der Waals surface area (Å²) in [6.45, 7) is 0. The number of hydrogen-bond donors (Lipinski definition) is 0. The van der Waals surface area contributed by atoms with Crippen molar-refractivity contribution in [3.05, 3.63) is 237 Å². The molecule has 9 aromatic carbocycles. The number of fused-ring (bicyclic) bond motifs is 6. The Hall–Kier alpha value is -7.83. The van der Waals surface area contributed by atoms with Gasteiger partial charge < -0.3 is 9.80 Å². The van der Waals surface area contributed by atoms with Gasteiger partial charge in [-0.3, -0.25) is 4.98 Å². The summed E-state index contributed by atoms with van der Waals surface area (Å²) in [7, 11) is 0. The third kappa shape index (κ3) is 6.70. The Kier molecular flexibility index (Phi) is 8.27. The summed E-state index contributed by atoms with van der Waals surface area (Å²) in [5.41, 5.74) is 10.5. The van der Waals surface area contributed by atoms with Gasteiger partial charge in [0.15, 0.2) is 0 Å². The van der Waals surface area contributed by atoms with E-state index < -0.39 is 6.04 Å². The Labute approximate surface area is 387 Å². The van der Waals surface area contributed by atoms with Crippen LogP contribution in [0.2, 0.25) is 0 Å². The van der Waals surface area contributed by atoms with E-state index in [4.69, 9.17) is 6.85 Å². The largest absolute Gasteiger partial charge is 0.310 e. The van der Waals surface area contributed by atoms with Gasteiger partial charge in [-0.05, 0) is 95.6 Å². The van der Waals surface area contributed by atoms with Gasteiger partial charge in [0.2, 0.25) is 0 Å². The van der Waals surface area contributed by atoms with Crippen LogP contribution in [0.5, 0.6) is 0 Å². The highest BCUT2D eigenvalue weighted by Crippen LogP contribution is 2.49. The molecule has 0 bridgehead atoms. The standard InChI is InChI=1S/C59H39N3S2/c1-4-17-40(18-5-1)48-24-10-13-27-55(48)62(44-21-8-3-9-22-44)47-36-52(59-54(38-47)50-26-12-15-29-57(50)64-59)42-32-30-41(31-33-42)51-35-46(37-53-49-25-11-14-28-56(49)63-58(51)53)61(43-19-6-2-7-20-43)45-23-16-34-60-39-45/h1-39H/i1D,4D,5D,17D,18D. The minimum atomic E-state index is -0.420. The smallest absolute Gasteiger partial charge is 0.0644 e. The van der Waals surface area contributed by atoms with Crippen LogP contribution in [0, 0.1) is 0 Å². The van der Waals surface area contributed by atoms with E-state index in [1.165, 1.54) is 24.9 Å². The minimum Gasteiger partial charge on any atom is -0.310 e. The Morgan fingerprint density at radius 1 is 0.375 bits per heavy atom. The van der Waals surface area contributed by atoms with Gasteiger partial charge in [0.1, 0.15) is 0 Å². The summed E-state index contributed by atoms with van der Waals surface area (Å²) in [5.74, 6) is 0. The molecule has 64 heavy (non-hydrogen) atoms. The first-order valence-corrected chi connectivity index (χ1v) is 22.7. The molecule has 12 rings (SSSR count). The molecule has 0 amide bonds. The Morgan fingerprint density at radius 3 is 1.45 bits per heavy atom. The van der Waals surface area contributed by atoms with E-state index in [0.29, 0.717) is 11.3 Å². The first-order chi connectivity index (χ1) is 33.8. The van der Waals surface area contributed by atoms with Crippen LogP contribution in [0.3, 0.4) is 0 Å². The molecule has 0 aliphatic carbocycles. The first-order valence-electron chi connectivity index (χ1n) is 23.6. The van der Waals surface area contributed by atoms with Crippen LogP contribution >= 0.6 is 22.7 Å². The van der Waals surface area contributed by atoms with Gasteiger partial charge >= 0.3 is 0 Å². The maximum atomic E-state index is 9.01. The predicted octanol–water partition coefficient (Wildman–Crippen LogP) is 17.8. The topological polar surface area (TPSA) is 19.4 Å². The molecule has 5 heteroatoms. The highest BCUT2D eigenvalue weighted by molar-refractivity contribution is 7.26. The van der Waals surface area contributed by atoms with E-state index in [1.54, 1.807) is 17.5 Å². The zero-order valence-corrected chi connectivity index (χ0v) is 35.9. The van der Waals surface area contributed by atoms with Crippen LogP contribution in [0.25, 0.3) is 73.7 Å². The quantitative estimate of drug-likeness (QED) is 0.144. The molecule has 0 spiro atoms. The summed E-state index contributed by atoms with van der Waals surface area (Å²) in [6, 6.07) is 65.6. The zero-order valence-electron chi connectivity index (χ0n) is 39.3. The third-order valence-corrected chi connectivity index (χ3v) is 14.2. The van der Waals surface area contributed by atoms with E-state index in [1.807, 2.05) is 84.3 Å². The summed E-state index contributed by atoms with van der Waals surface area (Å²) in [6.07, 6.45) is 3.72. The summed E-state index contributed by atoms with van der Waals surface area (Å²) in [5, 5.41) is 4.66. The van der Waals surface area contributed by atoms with Crippen LogP contribution in [-0.4, -0.2) is 4.98 Å². The molecule has 0 saturated heterocycles. The number of nitrogens with zero attached hydrogens (tertiary/aromatic N) is 3. The van der Waals surface area contributed by atoms with Gasteiger partial charge in [0, 0.05) is 86.0 Å². The van der Waals surface area contributed by atoms with Crippen molar-refractivity contribution in [2.24, 2.45) is 0 Å². The van der Waals surface area contributed by atoms with Crippen molar-refractivity contribution >= 4 is 97.1 Å². The highest BCUT2D eigenvalue weighted by atomic mass is 32.1. The fourth-order valence-electron chi connectivity index (χ4n) is 8.92. The highest BCUT2D eigenvalue weighted by Gasteiger charge is 2.22. The molecule has 3 heterocycles. The predicted molar refractivity (Wildman–Crippen MR) is 276 cm³/mol. The summed E-state index contributed by atoms with van der Waals surface area (Å²) >= 11 is 3.59. The fraction of sp³-hybridized carbons (Fsp3) is 0. The average Bonchev–Trinajstić information content (AvgIpc) is 3.97. The second-order valence-corrected chi connectivity index (χ2v) is 17.7. The molecule has 0 radical (unpaired) electrons.